The Morgan fingerprint density at radius 2 is 1.67 bits per heavy atom. The summed E-state index contributed by atoms with van der Waals surface area (Å²) in [5.74, 6) is -0.470. The van der Waals surface area contributed by atoms with E-state index in [0.717, 1.165) is 32.1 Å². The molecule has 2 aliphatic rings. The molecule has 1 aromatic carbocycles. The molecular formula is C19H23NO4. The normalized spacial score (nSPS) is 23.3. The topological polar surface area (TPSA) is 63.7 Å². The van der Waals surface area contributed by atoms with Crippen LogP contribution in [0.2, 0.25) is 0 Å². The highest BCUT2D eigenvalue weighted by molar-refractivity contribution is 6.05. The number of nitrogens with zero attached hydrogens (tertiary/aromatic N) is 1. The van der Waals surface area contributed by atoms with Crippen molar-refractivity contribution in [1.82, 2.24) is 4.90 Å². The third-order valence-electron chi connectivity index (χ3n) is 5.04. The van der Waals surface area contributed by atoms with Gasteiger partial charge in [0.2, 0.25) is 11.8 Å². The van der Waals surface area contributed by atoms with E-state index >= 15 is 0 Å². The first-order chi connectivity index (χ1) is 11.6. The van der Waals surface area contributed by atoms with Crippen molar-refractivity contribution in [2.45, 2.75) is 45.4 Å². The molecule has 2 amide bonds. The zero-order chi connectivity index (χ0) is 17.1. The van der Waals surface area contributed by atoms with Crippen LogP contribution < -0.4 is 4.74 Å². The second-order valence-electron chi connectivity index (χ2n) is 6.55. The van der Waals surface area contributed by atoms with E-state index in [2.05, 4.69) is 6.92 Å². The number of esters is 1. The number of aryl methyl sites for hydroxylation is 1. The van der Waals surface area contributed by atoms with Gasteiger partial charge in [-0.25, -0.2) is 0 Å². The lowest BCUT2D eigenvalue weighted by molar-refractivity contribution is -0.141. The molecule has 1 aliphatic heterocycles. The highest BCUT2D eigenvalue weighted by Crippen LogP contribution is 2.37. The van der Waals surface area contributed by atoms with E-state index in [1.54, 1.807) is 12.1 Å². The minimum atomic E-state index is -0.422. The van der Waals surface area contributed by atoms with Gasteiger partial charge in [0.25, 0.3) is 0 Å². The molecular weight excluding hydrogens is 306 g/mol. The number of benzene rings is 1. The lowest BCUT2D eigenvalue weighted by Crippen LogP contribution is -2.33. The van der Waals surface area contributed by atoms with Gasteiger partial charge >= 0.3 is 5.97 Å². The quantitative estimate of drug-likeness (QED) is 0.473. The molecule has 0 spiro atoms. The summed E-state index contributed by atoms with van der Waals surface area (Å²) in [6, 6.07) is 7.36. The Bertz CT molecular complexity index is 613. The molecule has 1 heterocycles. The number of carbonyl (C=O) groups is 3. The molecule has 0 N–H and O–H groups in total. The second kappa shape index (κ2) is 7.16. The zero-order valence-electron chi connectivity index (χ0n) is 14.0. The predicted molar refractivity (Wildman–Crippen MR) is 88.2 cm³/mol. The number of carbonyl (C=O) groups excluding carboxylic acids is 3. The SMILES string of the molecule is CCc1ccc(OC(=O)CCN2C(=O)C3CCCCC3C2=O)cc1. The van der Waals surface area contributed by atoms with Crippen LogP contribution >= 0.6 is 0 Å². The fourth-order valence-electron chi connectivity index (χ4n) is 3.63. The van der Waals surface area contributed by atoms with Crippen molar-refractivity contribution in [2.24, 2.45) is 11.8 Å². The molecule has 2 unspecified atom stereocenters. The molecule has 5 nitrogen and oxygen atoms in total. The summed E-state index contributed by atoms with van der Waals surface area (Å²) in [5, 5.41) is 0. The Labute approximate surface area is 142 Å². The molecule has 2 fully saturated rings. The Hall–Kier alpha value is -2.17. The molecule has 128 valence electrons. The van der Waals surface area contributed by atoms with Crippen LogP contribution in [0.4, 0.5) is 0 Å². The second-order valence-corrected chi connectivity index (χ2v) is 6.55. The monoisotopic (exact) mass is 329 g/mol. The van der Waals surface area contributed by atoms with E-state index < -0.39 is 5.97 Å². The maximum atomic E-state index is 12.3. The molecule has 1 aromatic rings. The molecule has 0 aromatic heterocycles. The van der Waals surface area contributed by atoms with Crippen LogP contribution in [-0.4, -0.2) is 29.2 Å². The van der Waals surface area contributed by atoms with Crippen LogP contribution in [-0.2, 0) is 20.8 Å². The molecule has 1 aliphatic carbocycles. The van der Waals surface area contributed by atoms with Crippen LogP contribution in [0.5, 0.6) is 5.75 Å². The Kier molecular flexibility index (Phi) is 4.97. The molecule has 24 heavy (non-hydrogen) atoms. The Morgan fingerprint density at radius 3 is 2.21 bits per heavy atom. The third kappa shape index (κ3) is 3.35. The molecule has 3 rings (SSSR count). The predicted octanol–water partition coefficient (Wildman–Crippen LogP) is 2.72. The van der Waals surface area contributed by atoms with Crippen LogP contribution in [0.25, 0.3) is 0 Å². The van der Waals surface area contributed by atoms with Crippen molar-refractivity contribution in [3.63, 3.8) is 0 Å². The summed E-state index contributed by atoms with van der Waals surface area (Å²) in [6.45, 7) is 2.18. The van der Waals surface area contributed by atoms with Crippen LogP contribution in [0.3, 0.4) is 0 Å². The van der Waals surface area contributed by atoms with Gasteiger partial charge < -0.3 is 4.74 Å². The van der Waals surface area contributed by atoms with Crippen molar-refractivity contribution in [1.29, 1.82) is 0 Å². The lowest BCUT2D eigenvalue weighted by Gasteiger charge is -2.19. The highest BCUT2D eigenvalue weighted by atomic mass is 16.5. The minimum absolute atomic E-state index is 0.0342. The summed E-state index contributed by atoms with van der Waals surface area (Å²) in [4.78, 5) is 37.9. The molecule has 5 heteroatoms. The molecule has 1 saturated heterocycles. The van der Waals surface area contributed by atoms with E-state index in [-0.39, 0.29) is 36.6 Å². The average Bonchev–Trinajstić information content (AvgIpc) is 2.85. The minimum Gasteiger partial charge on any atom is -0.426 e. The number of hydrogen-bond donors (Lipinski definition) is 0. The van der Waals surface area contributed by atoms with Crippen molar-refractivity contribution >= 4 is 17.8 Å². The number of ether oxygens (including phenoxy) is 1. The van der Waals surface area contributed by atoms with E-state index in [4.69, 9.17) is 4.74 Å². The summed E-state index contributed by atoms with van der Waals surface area (Å²) < 4.78 is 5.27. The van der Waals surface area contributed by atoms with Gasteiger partial charge in [-0.15, -0.1) is 0 Å². The van der Waals surface area contributed by atoms with E-state index in [1.807, 2.05) is 12.1 Å². The smallest absolute Gasteiger partial charge is 0.312 e. The van der Waals surface area contributed by atoms with E-state index in [0.29, 0.717) is 5.75 Å². The van der Waals surface area contributed by atoms with Crippen LogP contribution in [0.15, 0.2) is 24.3 Å². The largest absolute Gasteiger partial charge is 0.426 e. The van der Waals surface area contributed by atoms with E-state index in [1.165, 1.54) is 10.5 Å². The van der Waals surface area contributed by atoms with Gasteiger partial charge in [0.1, 0.15) is 5.75 Å². The number of rotatable bonds is 5. The molecule has 1 saturated carbocycles. The van der Waals surface area contributed by atoms with Gasteiger partial charge in [-0.05, 0) is 37.0 Å². The van der Waals surface area contributed by atoms with Crippen molar-refractivity contribution in [2.75, 3.05) is 6.54 Å². The van der Waals surface area contributed by atoms with Gasteiger partial charge in [0, 0.05) is 6.54 Å². The maximum absolute atomic E-state index is 12.3. The first-order valence-electron chi connectivity index (χ1n) is 8.75. The van der Waals surface area contributed by atoms with Gasteiger partial charge in [0.05, 0.1) is 18.3 Å². The maximum Gasteiger partial charge on any atom is 0.312 e. The van der Waals surface area contributed by atoms with Crippen LogP contribution in [0.1, 0.15) is 44.6 Å². The average molecular weight is 329 g/mol. The summed E-state index contributed by atoms with van der Waals surface area (Å²) >= 11 is 0. The first-order valence-corrected chi connectivity index (χ1v) is 8.75. The van der Waals surface area contributed by atoms with Crippen molar-refractivity contribution in [3.8, 4) is 5.75 Å². The Morgan fingerprint density at radius 1 is 1.08 bits per heavy atom. The summed E-state index contributed by atoms with van der Waals surface area (Å²) in [6.07, 6.45) is 4.55. The zero-order valence-corrected chi connectivity index (χ0v) is 14.0. The van der Waals surface area contributed by atoms with Crippen LogP contribution in [0, 0.1) is 11.8 Å². The van der Waals surface area contributed by atoms with Gasteiger partial charge in [-0.3, -0.25) is 19.3 Å². The standard InChI is InChI=1S/C19H23NO4/c1-2-13-7-9-14(10-8-13)24-17(21)11-12-20-18(22)15-5-3-4-6-16(15)19(20)23/h7-10,15-16H,2-6,11-12H2,1H3. The summed E-state index contributed by atoms with van der Waals surface area (Å²) in [7, 11) is 0. The fourth-order valence-corrected chi connectivity index (χ4v) is 3.63. The van der Waals surface area contributed by atoms with Crippen molar-refractivity contribution in [3.05, 3.63) is 29.8 Å². The summed E-state index contributed by atoms with van der Waals surface area (Å²) in [5.41, 5.74) is 1.17. The highest BCUT2D eigenvalue weighted by Gasteiger charge is 2.47. The van der Waals surface area contributed by atoms with Gasteiger partial charge in [0.15, 0.2) is 0 Å². The van der Waals surface area contributed by atoms with Crippen molar-refractivity contribution < 1.29 is 19.1 Å². The number of likely N-dealkylation sites (tertiary alicyclic amines) is 1. The fraction of sp³-hybridized carbons (Fsp3) is 0.526. The first kappa shape index (κ1) is 16.7. The number of amides is 2. The lowest BCUT2D eigenvalue weighted by atomic mass is 9.81. The van der Waals surface area contributed by atoms with Gasteiger partial charge in [-0.2, -0.15) is 0 Å². The third-order valence-corrected chi connectivity index (χ3v) is 5.04. The van der Waals surface area contributed by atoms with E-state index in [9.17, 15) is 14.4 Å². The Balaban J connectivity index is 1.54. The number of fused-ring (bicyclic) bond motifs is 1. The molecule has 2 atom stereocenters. The molecule has 0 radical (unpaired) electrons. The number of imide groups is 1. The number of hydrogen-bond acceptors (Lipinski definition) is 4. The van der Waals surface area contributed by atoms with Gasteiger partial charge in [-0.1, -0.05) is 31.9 Å². The molecule has 0 bridgehead atoms.